The maximum Gasteiger partial charge on any atom is 0.416 e. The molecule has 1 unspecified atom stereocenters. The van der Waals surface area contributed by atoms with Gasteiger partial charge in [0, 0.05) is 25.4 Å². The van der Waals surface area contributed by atoms with Crippen LogP contribution in [0, 0.1) is 0 Å². The van der Waals surface area contributed by atoms with Crippen molar-refractivity contribution in [2.75, 3.05) is 13.7 Å². The number of allylic oxidation sites excluding steroid dienone is 4. The number of halogens is 3. The van der Waals surface area contributed by atoms with Crippen molar-refractivity contribution < 1.29 is 27.4 Å². The van der Waals surface area contributed by atoms with Gasteiger partial charge in [0.1, 0.15) is 12.4 Å². The molecular formula is C27H28F3N5O3. The molecule has 3 aromatic rings. The SMILES string of the molecule is CCN(Cc1cc(C(F)(F)F)ccc1C1CC(Cc2nn[nH]n2)=CC=C1OC)C(=O)OCc1ccccc1. The van der Waals surface area contributed by atoms with Crippen LogP contribution in [0.1, 0.15) is 47.3 Å². The second-order valence-corrected chi connectivity index (χ2v) is 8.83. The number of rotatable bonds is 9. The third-order valence-corrected chi connectivity index (χ3v) is 6.36. The summed E-state index contributed by atoms with van der Waals surface area (Å²) in [5.74, 6) is 0.760. The van der Waals surface area contributed by atoms with Crippen molar-refractivity contribution in [3.05, 3.63) is 100 Å². The largest absolute Gasteiger partial charge is 0.500 e. The molecule has 0 aliphatic heterocycles. The average molecular weight is 528 g/mol. The maximum atomic E-state index is 13.7. The molecule has 4 rings (SSSR count). The van der Waals surface area contributed by atoms with Crippen LogP contribution >= 0.6 is 0 Å². The van der Waals surface area contributed by atoms with Crippen LogP contribution in [0.3, 0.4) is 0 Å². The molecule has 0 saturated carbocycles. The molecule has 0 bridgehead atoms. The number of amides is 1. The highest BCUT2D eigenvalue weighted by molar-refractivity contribution is 5.67. The van der Waals surface area contributed by atoms with E-state index < -0.39 is 17.8 Å². The van der Waals surface area contributed by atoms with E-state index in [4.69, 9.17) is 9.47 Å². The number of nitrogens with zero attached hydrogens (tertiary/aromatic N) is 4. The topological polar surface area (TPSA) is 93.2 Å². The Morgan fingerprint density at radius 3 is 2.61 bits per heavy atom. The minimum atomic E-state index is -4.53. The van der Waals surface area contributed by atoms with Gasteiger partial charge in [0.05, 0.1) is 12.7 Å². The van der Waals surface area contributed by atoms with Gasteiger partial charge in [-0.05, 0) is 48.2 Å². The number of ether oxygens (including phenoxy) is 2. The average Bonchev–Trinajstić information content (AvgIpc) is 3.43. The van der Waals surface area contributed by atoms with Crippen molar-refractivity contribution >= 4 is 6.09 Å². The van der Waals surface area contributed by atoms with E-state index in [9.17, 15) is 18.0 Å². The normalized spacial score (nSPS) is 15.4. The van der Waals surface area contributed by atoms with Gasteiger partial charge in [-0.3, -0.25) is 0 Å². The molecule has 1 amide bonds. The lowest BCUT2D eigenvalue weighted by Crippen LogP contribution is -2.31. The van der Waals surface area contributed by atoms with Gasteiger partial charge >= 0.3 is 12.3 Å². The van der Waals surface area contributed by atoms with Gasteiger partial charge in [0.15, 0.2) is 5.82 Å². The zero-order valence-electron chi connectivity index (χ0n) is 21.0. The number of tetrazole rings is 1. The summed E-state index contributed by atoms with van der Waals surface area (Å²) in [7, 11) is 1.53. The molecule has 1 aliphatic carbocycles. The molecule has 1 aliphatic rings. The predicted octanol–water partition coefficient (Wildman–Crippen LogP) is 5.56. The lowest BCUT2D eigenvalue weighted by atomic mass is 9.82. The van der Waals surface area contributed by atoms with E-state index in [-0.39, 0.29) is 25.6 Å². The van der Waals surface area contributed by atoms with Crippen LogP contribution in [0.5, 0.6) is 0 Å². The first-order chi connectivity index (χ1) is 18.3. The summed E-state index contributed by atoms with van der Waals surface area (Å²) in [6.07, 6.45) is -0.524. The molecule has 0 radical (unpaired) electrons. The predicted molar refractivity (Wildman–Crippen MR) is 133 cm³/mol. The van der Waals surface area contributed by atoms with Crippen molar-refractivity contribution in [2.24, 2.45) is 0 Å². The van der Waals surface area contributed by atoms with Crippen molar-refractivity contribution in [3.63, 3.8) is 0 Å². The molecule has 1 atom stereocenters. The molecule has 0 saturated heterocycles. The van der Waals surface area contributed by atoms with Crippen LogP contribution in [-0.2, 0) is 35.2 Å². The van der Waals surface area contributed by atoms with E-state index in [1.165, 1.54) is 18.1 Å². The Labute approximate surface area is 218 Å². The number of carbonyl (C=O) groups excluding carboxylic acids is 1. The molecule has 1 aromatic heterocycles. The molecule has 11 heteroatoms. The van der Waals surface area contributed by atoms with Crippen molar-refractivity contribution in [1.29, 1.82) is 0 Å². The highest BCUT2D eigenvalue weighted by atomic mass is 19.4. The standard InChI is InChI=1S/C27H28F3N5O3/c1-3-35(26(36)38-17-18-7-5-4-6-8-18)16-20-15-21(27(28,29)30)10-11-22(20)23-13-19(9-12-24(23)37-2)14-25-31-33-34-32-25/h4-12,15,23H,3,13-14,16-17H2,1-2H3,(H,31,32,33,34). The van der Waals surface area contributed by atoms with Crippen molar-refractivity contribution in [1.82, 2.24) is 25.5 Å². The van der Waals surface area contributed by atoms with Gasteiger partial charge < -0.3 is 14.4 Å². The van der Waals surface area contributed by atoms with Crippen LogP contribution < -0.4 is 0 Å². The van der Waals surface area contributed by atoms with Gasteiger partial charge in [-0.25, -0.2) is 4.79 Å². The Morgan fingerprint density at radius 2 is 1.95 bits per heavy atom. The number of aromatic nitrogens is 4. The number of alkyl halides is 3. The fourth-order valence-electron chi connectivity index (χ4n) is 4.39. The Kier molecular flexibility index (Phi) is 8.45. The van der Waals surface area contributed by atoms with Gasteiger partial charge in [0.2, 0.25) is 0 Å². The van der Waals surface area contributed by atoms with Crippen molar-refractivity contribution in [2.45, 2.75) is 45.0 Å². The summed E-state index contributed by atoms with van der Waals surface area (Å²) in [5, 5.41) is 14.0. The summed E-state index contributed by atoms with van der Waals surface area (Å²) in [6.45, 7) is 2.02. The Hall–Kier alpha value is -4.15. The molecule has 0 fully saturated rings. The first kappa shape index (κ1) is 26.9. The lowest BCUT2D eigenvalue weighted by Gasteiger charge is -2.29. The van der Waals surface area contributed by atoms with Crippen LogP contribution in [0.25, 0.3) is 0 Å². The second-order valence-electron chi connectivity index (χ2n) is 8.83. The molecule has 1 heterocycles. The zero-order valence-corrected chi connectivity index (χ0v) is 21.0. The fourth-order valence-corrected chi connectivity index (χ4v) is 4.39. The minimum Gasteiger partial charge on any atom is -0.500 e. The zero-order chi connectivity index (χ0) is 27.1. The molecule has 8 nitrogen and oxygen atoms in total. The number of carbonyl (C=O) groups is 1. The summed E-state index contributed by atoms with van der Waals surface area (Å²) in [4.78, 5) is 14.3. The number of methoxy groups -OCH3 is 1. The third-order valence-electron chi connectivity index (χ3n) is 6.36. The van der Waals surface area contributed by atoms with E-state index in [2.05, 4.69) is 20.6 Å². The Morgan fingerprint density at radius 1 is 1.16 bits per heavy atom. The third kappa shape index (κ3) is 6.58. The molecule has 38 heavy (non-hydrogen) atoms. The smallest absolute Gasteiger partial charge is 0.416 e. The minimum absolute atomic E-state index is 0.0548. The Balaban J connectivity index is 1.61. The van der Waals surface area contributed by atoms with E-state index in [0.29, 0.717) is 35.6 Å². The summed E-state index contributed by atoms with van der Waals surface area (Å²) in [5.41, 5.74) is 2.00. The molecule has 2 aromatic carbocycles. The van der Waals surface area contributed by atoms with Crippen LogP contribution in [0.15, 0.2) is 72.0 Å². The monoisotopic (exact) mass is 527 g/mol. The second kappa shape index (κ2) is 11.9. The van der Waals surface area contributed by atoms with Gasteiger partial charge in [-0.2, -0.15) is 18.4 Å². The summed E-state index contributed by atoms with van der Waals surface area (Å²) >= 11 is 0. The number of aromatic amines is 1. The summed E-state index contributed by atoms with van der Waals surface area (Å²) < 4.78 is 52.1. The quantitative estimate of drug-likeness (QED) is 0.392. The highest BCUT2D eigenvalue weighted by Crippen LogP contribution is 2.40. The van der Waals surface area contributed by atoms with E-state index >= 15 is 0 Å². The molecule has 1 N–H and O–H groups in total. The van der Waals surface area contributed by atoms with Gasteiger partial charge in [-0.1, -0.05) is 53.3 Å². The van der Waals surface area contributed by atoms with Gasteiger partial charge in [-0.15, -0.1) is 10.2 Å². The molecule has 200 valence electrons. The lowest BCUT2D eigenvalue weighted by molar-refractivity contribution is -0.137. The van der Waals surface area contributed by atoms with Crippen molar-refractivity contribution in [3.8, 4) is 0 Å². The van der Waals surface area contributed by atoms with E-state index in [1.54, 1.807) is 13.0 Å². The number of hydrogen-bond donors (Lipinski definition) is 1. The van der Waals surface area contributed by atoms with Gasteiger partial charge in [0.25, 0.3) is 0 Å². The van der Waals surface area contributed by atoms with Crippen LogP contribution in [-0.4, -0.2) is 45.3 Å². The number of H-pyrrole nitrogens is 1. The summed E-state index contributed by atoms with van der Waals surface area (Å²) in [6, 6.07) is 12.8. The number of hydrogen-bond acceptors (Lipinski definition) is 6. The van der Waals surface area contributed by atoms with E-state index in [1.807, 2.05) is 36.4 Å². The first-order valence-electron chi connectivity index (χ1n) is 12.1. The van der Waals surface area contributed by atoms with Crippen LogP contribution in [0.4, 0.5) is 18.0 Å². The molecular weight excluding hydrogens is 499 g/mol. The molecule has 0 spiro atoms. The fraction of sp³-hybridized carbons (Fsp3) is 0.333. The maximum absolute atomic E-state index is 13.7. The number of nitrogens with one attached hydrogen (secondary N) is 1. The first-order valence-corrected chi connectivity index (χ1v) is 12.1. The Bertz CT molecular complexity index is 1290. The van der Waals surface area contributed by atoms with E-state index in [0.717, 1.165) is 23.3 Å². The highest BCUT2D eigenvalue weighted by Gasteiger charge is 2.33. The number of benzene rings is 2. The van der Waals surface area contributed by atoms with Crippen LogP contribution in [0.2, 0.25) is 0 Å².